The predicted octanol–water partition coefficient (Wildman–Crippen LogP) is 3.94. The molecule has 0 fully saturated rings. The molecular formula is C16H14O3S. The molecule has 0 aliphatic carbocycles. The van der Waals surface area contributed by atoms with Gasteiger partial charge < -0.3 is 9.15 Å². The van der Waals surface area contributed by atoms with Gasteiger partial charge in [-0.3, -0.25) is 4.79 Å². The lowest BCUT2D eigenvalue weighted by atomic mass is 10.2. The summed E-state index contributed by atoms with van der Waals surface area (Å²) in [5.74, 6) is 0.245. The number of ether oxygens (including phenoxy) is 1. The Balaban J connectivity index is 1.53. The Bertz CT molecular complexity index is 664. The molecule has 102 valence electrons. The van der Waals surface area contributed by atoms with Crippen LogP contribution in [0.4, 0.5) is 0 Å². The van der Waals surface area contributed by atoms with E-state index in [1.807, 2.05) is 35.7 Å². The van der Waals surface area contributed by atoms with E-state index in [4.69, 9.17) is 9.15 Å². The van der Waals surface area contributed by atoms with Gasteiger partial charge >= 0.3 is 0 Å². The molecule has 0 N–H and O–H groups in total. The van der Waals surface area contributed by atoms with Gasteiger partial charge in [-0.15, -0.1) is 11.3 Å². The number of Topliss-reactive ketones (excluding diaryl/α,β-unsaturated/α-hetero) is 1. The second kappa shape index (κ2) is 6.03. The number of carbonyl (C=O) groups is 1. The van der Waals surface area contributed by atoms with Gasteiger partial charge in [0, 0.05) is 16.7 Å². The van der Waals surface area contributed by atoms with Crippen LogP contribution in [0.1, 0.15) is 15.4 Å². The lowest BCUT2D eigenvalue weighted by molar-refractivity contribution is 0.0741. The number of hydrogen-bond acceptors (Lipinski definition) is 4. The molecule has 0 aliphatic rings. The fraction of sp³-hybridized carbons (Fsp3) is 0.188. The maximum Gasteiger partial charge on any atom is 0.223 e. The summed E-state index contributed by atoms with van der Waals surface area (Å²) in [5, 5.41) is 2.98. The first-order valence-electron chi connectivity index (χ1n) is 6.45. The zero-order chi connectivity index (χ0) is 13.8. The highest BCUT2D eigenvalue weighted by Crippen LogP contribution is 2.19. The van der Waals surface area contributed by atoms with Crippen LogP contribution in [0, 0.1) is 0 Å². The summed E-state index contributed by atoms with van der Waals surface area (Å²) in [6.07, 6.45) is 0.838. The molecule has 0 saturated heterocycles. The second-order valence-electron chi connectivity index (χ2n) is 4.45. The minimum Gasteiger partial charge on any atom is -0.453 e. The molecular weight excluding hydrogens is 272 g/mol. The maximum atomic E-state index is 12.0. The zero-order valence-electron chi connectivity index (χ0n) is 10.9. The van der Waals surface area contributed by atoms with Gasteiger partial charge in [-0.2, -0.15) is 0 Å². The highest BCUT2D eigenvalue weighted by molar-refractivity contribution is 7.09. The van der Waals surface area contributed by atoms with Gasteiger partial charge in [0.15, 0.2) is 5.76 Å². The van der Waals surface area contributed by atoms with Crippen molar-refractivity contribution in [3.05, 3.63) is 58.5 Å². The van der Waals surface area contributed by atoms with E-state index in [2.05, 4.69) is 6.07 Å². The average Bonchev–Trinajstić information content (AvgIpc) is 3.12. The first kappa shape index (κ1) is 13.1. The van der Waals surface area contributed by atoms with Crippen LogP contribution >= 0.6 is 11.3 Å². The number of para-hydroxylation sites is 1. The van der Waals surface area contributed by atoms with Crippen LogP contribution in [0.2, 0.25) is 0 Å². The average molecular weight is 286 g/mol. The first-order chi connectivity index (χ1) is 9.83. The van der Waals surface area contributed by atoms with Crippen molar-refractivity contribution in [3.63, 3.8) is 0 Å². The van der Waals surface area contributed by atoms with Crippen LogP contribution in [0.15, 0.2) is 52.3 Å². The molecule has 3 nitrogen and oxygen atoms in total. The molecule has 2 heterocycles. The Morgan fingerprint density at radius 1 is 1.20 bits per heavy atom. The summed E-state index contributed by atoms with van der Waals surface area (Å²) in [6, 6.07) is 13.4. The summed E-state index contributed by atoms with van der Waals surface area (Å²) < 4.78 is 10.9. The molecule has 20 heavy (non-hydrogen) atoms. The number of rotatable bonds is 6. The lowest BCUT2D eigenvalue weighted by Crippen LogP contribution is -2.09. The molecule has 1 aromatic carbocycles. The quantitative estimate of drug-likeness (QED) is 0.509. The second-order valence-corrected chi connectivity index (χ2v) is 5.49. The summed E-state index contributed by atoms with van der Waals surface area (Å²) in [4.78, 5) is 13.2. The van der Waals surface area contributed by atoms with Crippen molar-refractivity contribution >= 4 is 28.1 Å². The summed E-state index contributed by atoms with van der Waals surface area (Å²) in [6.45, 7) is 0.609. The van der Waals surface area contributed by atoms with Gasteiger partial charge in [0.25, 0.3) is 0 Å². The number of furan rings is 1. The monoisotopic (exact) mass is 286 g/mol. The predicted molar refractivity (Wildman–Crippen MR) is 79.4 cm³/mol. The van der Waals surface area contributed by atoms with Gasteiger partial charge in [-0.05, 0) is 23.6 Å². The minimum absolute atomic E-state index is 0.0607. The molecule has 4 heteroatoms. The number of carbonyl (C=O) groups excluding carboxylic acids is 1. The van der Waals surface area contributed by atoms with Gasteiger partial charge in [0.2, 0.25) is 5.78 Å². The fourth-order valence-electron chi connectivity index (χ4n) is 1.98. The van der Waals surface area contributed by atoms with Crippen LogP contribution in [-0.2, 0) is 11.2 Å². The summed E-state index contributed by atoms with van der Waals surface area (Å²) in [7, 11) is 0. The molecule has 0 radical (unpaired) electrons. The zero-order valence-corrected chi connectivity index (χ0v) is 11.7. The third-order valence-electron chi connectivity index (χ3n) is 3.01. The van der Waals surface area contributed by atoms with Crippen LogP contribution in [0.25, 0.3) is 11.0 Å². The highest BCUT2D eigenvalue weighted by Gasteiger charge is 2.12. The number of fused-ring (bicyclic) bond motifs is 1. The van der Waals surface area contributed by atoms with Crippen LogP contribution in [-0.4, -0.2) is 19.0 Å². The fourth-order valence-corrected chi connectivity index (χ4v) is 2.67. The molecule has 0 unspecified atom stereocenters. The highest BCUT2D eigenvalue weighted by atomic mass is 32.1. The van der Waals surface area contributed by atoms with Gasteiger partial charge in [-0.1, -0.05) is 24.3 Å². The molecule has 0 atom stereocenters. The van der Waals surface area contributed by atoms with Crippen molar-refractivity contribution in [2.75, 3.05) is 13.2 Å². The largest absolute Gasteiger partial charge is 0.453 e. The topological polar surface area (TPSA) is 39.4 Å². The van der Waals surface area contributed by atoms with Gasteiger partial charge in [0.1, 0.15) is 12.2 Å². The van der Waals surface area contributed by atoms with E-state index < -0.39 is 0 Å². The van der Waals surface area contributed by atoms with E-state index in [1.54, 1.807) is 17.4 Å². The summed E-state index contributed by atoms with van der Waals surface area (Å²) >= 11 is 1.70. The van der Waals surface area contributed by atoms with Crippen molar-refractivity contribution in [2.45, 2.75) is 6.42 Å². The number of thiophene rings is 1. The SMILES string of the molecule is O=C(COCCc1cccs1)c1cc2ccccc2o1. The molecule has 0 spiro atoms. The molecule has 0 saturated carbocycles. The van der Waals surface area contributed by atoms with Crippen molar-refractivity contribution in [3.8, 4) is 0 Å². The van der Waals surface area contributed by atoms with Crippen molar-refractivity contribution < 1.29 is 13.9 Å². The maximum absolute atomic E-state index is 12.0. The number of hydrogen-bond donors (Lipinski definition) is 0. The summed E-state index contributed by atoms with van der Waals surface area (Å²) in [5.41, 5.74) is 0.731. The lowest BCUT2D eigenvalue weighted by Gasteiger charge is -2.00. The van der Waals surface area contributed by atoms with Crippen LogP contribution < -0.4 is 0 Å². The van der Waals surface area contributed by atoms with Crippen molar-refractivity contribution in [1.82, 2.24) is 0 Å². The van der Waals surface area contributed by atoms with E-state index in [0.29, 0.717) is 12.4 Å². The Morgan fingerprint density at radius 2 is 2.10 bits per heavy atom. The third kappa shape index (κ3) is 2.98. The van der Waals surface area contributed by atoms with Crippen LogP contribution in [0.3, 0.4) is 0 Å². The third-order valence-corrected chi connectivity index (χ3v) is 3.94. The van der Waals surface area contributed by atoms with E-state index in [0.717, 1.165) is 17.4 Å². The normalized spacial score (nSPS) is 11.0. The van der Waals surface area contributed by atoms with Crippen molar-refractivity contribution in [1.29, 1.82) is 0 Å². The van der Waals surface area contributed by atoms with Crippen LogP contribution in [0.5, 0.6) is 0 Å². The van der Waals surface area contributed by atoms with Gasteiger partial charge in [-0.25, -0.2) is 0 Å². The van der Waals surface area contributed by atoms with E-state index in [9.17, 15) is 4.79 Å². The molecule has 0 bridgehead atoms. The Kier molecular flexibility index (Phi) is 3.95. The standard InChI is InChI=1S/C16H14O3S/c17-14(11-18-8-7-13-5-3-9-20-13)16-10-12-4-1-2-6-15(12)19-16/h1-6,9-10H,7-8,11H2. The molecule has 0 amide bonds. The van der Waals surface area contributed by atoms with Gasteiger partial charge in [0.05, 0.1) is 6.61 Å². The smallest absolute Gasteiger partial charge is 0.223 e. The Hall–Kier alpha value is -1.91. The number of ketones is 1. The molecule has 3 aromatic rings. The molecule has 0 aliphatic heterocycles. The molecule has 2 aromatic heterocycles. The molecule has 3 rings (SSSR count). The van der Waals surface area contributed by atoms with E-state index in [-0.39, 0.29) is 12.4 Å². The minimum atomic E-state index is -0.118. The Labute approximate surface area is 120 Å². The van der Waals surface area contributed by atoms with E-state index >= 15 is 0 Å². The van der Waals surface area contributed by atoms with E-state index in [1.165, 1.54) is 4.88 Å². The first-order valence-corrected chi connectivity index (χ1v) is 7.33. The number of benzene rings is 1. The Morgan fingerprint density at radius 3 is 2.90 bits per heavy atom. The van der Waals surface area contributed by atoms with Crippen molar-refractivity contribution in [2.24, 2.45) is 0 Å².